The molecule has 0 saturated heterocycles. The van der Waals surface area contributed by atoms with Crippen LogP contribution in [0.5, 0.6) is 0 Å². The van der Waals surface area contributed by atoms with Gasteiger partial charge in [-0.3, -0.25) is 0 Å². The molecule has 20 heavy (non-hydrogen) atoms. The summed E-state index contributed by atoms with van der Waals surface area (Å²) in [6.45, 7) is 0.580. The Bertz CT molecular complexity index is 596. The third-order valence-electron chi connectivity index (χ3n) is 3.54. The van der Waals surface area contributed by atoms with Crippen LogP contribution in [-0.4, -0.2) is 16.2 Å². The zero-order valence-electron chi connectivity index (χ0n) is 10.9. The van der Waals surface area contributed by atoms with Gasteiger partial charge in [-0.05, 0) is 47.0 Å². The lowest BCUT2D eigenvalue weighted by molar-refractivity contribution is 0.357. The van der Waals surface area contributed by atoms with Crippen molar-refractivity contribution in [2.75, 3.05) is 0 Å². The van der Waals surface area contributed by atoms with Crippen LogP contribution in [0.4, 0.5) is 4.39 Å². The molecule has 3 rings (SSSR count). The number of benzene rings is 1. The third kappa shape index (κ3) is 3.07. The van der Waals surface area contributed by atoms with Crippen molar-refractivity contribution in [3.63, 3.8) is 0 Å². The highest BCUT2D eigenvalue weighted by Gasteiger charge is 2.16. The number of nitrogens with zero attached hydrogens (tertiary/aromatic N) is 2. The van der Waals surface area contributed by atoms with Gasteiger partial charge in [0.2, 0.25) is 11.7 Å². The molecule has 1 heterocycles. The first-order chi connectivity index (χ1) is 9.72. The molecule has 1 fully saturated rings. The molecular formula is C14H15BrFN3O. The van der Waals surface area contributed by atoms with E-state index in [9.17, 15) is 4.39 Å². The maximum absolute atomic E-state index is 13.1. The fourth-order valence-corrected chi connectivity index (χ4v) is 3.00. The van der Waals surface area contributed by atoms with Gasteiger partial charge in [0, 0.05) is 16.1 Å². The van der Waals surface area contributed by atoms with E-state index in [0.717, 1.165) is 5.56 Å². The van der Waals surface area contributed by atoms with Crippen LogP contribution in [0.3, 0.4) is 0 Å². The van der Waals surface area contributed by atoms with Crippen LogP contribution in [0.2, 0.25) is 0 Å². The molecule has 1 aromatic heterocycles. The van der Waals surface area contributed by atoms with Crippen molar-refractivity contribution in [2.45, 2.75) is 38.3 Å². The first-order valence-corrected chi connectivity index (χ1v) is 7.53. The highest BCUT2D eigenvalue weighted by Crippen LogP contribution is 2.26. The molecule has 0 radical (unpaired) electrons. The van der Waals surface area contributed by atoms with Gasteiger partial charge in [0.25, 0.3) is 0 Å². The van der Waals surface area contributed by atoms with E-state index in [1.807, 2.05) is 0 Å². The smallest absolute Gasteiger partial charge is 0.240 e. The molecule has 2 aromatic rings. The molecule has 1 aromatic carbocycles. The second-order valence-corrected chi connectivity index (χ2v) is 5.85. The van der Waals surface area contributed by atoms with Crippen molar-refractivity contribution in [2.24, 2.45) is 0 Å². The summed E-state index contributed by atoms with van der Waals surface area (Å²) in [7, 11) is 0. The van der Waals surface area contributed by atoms with Gasteiger partial charge in [0.15, 0.2) is 0 Å². The highest BCUT2D eigenvalue weighted by molar-refractivity contribution is 9.10. The number of halogens is 2. The largest absolute Gasteiger partial charge is 0.338 e. The molecule has 0 bridgehead atoms. The van der Waals surface area contributed by atoms with Crippen molar-refractivity contribution in [1.29, 1.82) is 0 Å². The lowest BCUT2D eigenvalue weighted by atomic mass is 10.2. The van der Waals surface area contributed by atoms with Crippen molar-refractivity contribution < 1.29 is 8.91 Å². The molecule has 6 heteroatoms. The Labute approximate surface area is 124 Å². The van der Waals surface area contributed by atoms with E-state index >= 15 is 0 Å². The van der Waals surface area contributed by atoms with E-state index in [4.69, 9.17) is 4.52 Å². The molecule has 0 spiro atoms. The third-order valence-corrected chi connectivity index (χ3v) is 4.19. The second kappa shape index (κ2) is 6.01. The summed E-state index contributed by atoms with van der Waals surface area (Å²) in [5.74, 6) is 0.732. The van der Waals surface area contributed by atoms with E-state index in [1.54, 1.807) is 6.07 Å². The SMILES string of the molecule is Fc1ccc(-c2noc(CNC3CCCC3)n2)c(Br)c1. The lowest BCUT2D eigenvalue weighted by Crippen LogP contribution is -2.25. The number of rotatable bonds is 4. The Balaban J connectivity index is 1.69. The maximum atomic E-state index is 13.1. The van der Waals surface area contributed by atoms with Crippen LogP contribution in [0, 0.1) is 5.82 Å². The minimum absolute atomic E-state index is 0.299. The number of hydrogen-bond donors (Lipinski definition) is 1. The topological polar surface area (TPSA) is 51.0 Å². The second-order valence-electron chi connectivity index (χ2n) is 5.00. The van der Waals surface area contributed by atoms with E-state index in [-0.39, 0.29) is 5.82 Å². The Morgan fingerprint density at radius 1 is 1.35 bits per heavy atom. The van der Waals surface area contributed by atoms with Gasteiger partial charge < -0.3 is 9.84 Å². The van der Waals surface area contributed by atoms with Gasteiger partial charge in [0.1, 0.15) is 5.82 Å². The van der Waals surface area contributed by atoms with Gasteiger partial charge in [-0.25, -0.2) is 4.39 Å². The first-order valence-electron chi connectivity index (χ1n) is 6.74. The van der Waals surface area contributed by atoms with Crippen molar-refractivity contribution >= 4 is 15.9 Å². The minimum atomic E-state index is -0.299. The number of hydrogen-bond acceptors (Lipinski definition) is 4. The Morgan fingerprint density at radius 3 is 2.90 bits per heavy atom. The lowest BCUT2D eigenvalue weighted by Gasteiger charge is -2.08. The van der Waals surface area contributed by atoms with E-state index in [2.05, 4.69) is 31.4 Å². The average molecular weight is 340 g/mol. The predicted octanol–water partition coefficient (Wildman–Crippen LogP) is 3.67. The summed E-state index contributed by atoms with van der Waals surface area (Å²) in [5.41, 5.74) is 0.724. The predicted molar refractivity (Wildman–Crippen MR) is 76.5 cm³/mol. The molecule has 0 atom stereocenters. The van der Waals surface area contributed by atoms with Gasteiger partial charge in [-0.2, -0.15) is 4.98 Å². The van der Waals surface area contributed by atoms with Crippen molar-refractivity contribution in [1.82, 2.24) is 15.5 Å². The summed E-state index contributed by atoms with van der Waals surface area (Å²) in [6.07, 6.45) is 5.00. The van der Waals surface area contributed by atoms with Crippen LogP contribution >= 0.6 is 15.9 Å². The molecule has 1 saturated carbocycles. The molecule has 0 unspecified atom stereocenters. The zero-order valence-corrected chi connectivity index (χ0v) is 12.5. The number of nitrogens with one attached hydrogen (secondary N) is 1. The summed E-state index contributed by atoms with van der Waals surface area (Å²) >= 11 is 3.31. The fraction of sp³-hybridized carbons (Fsp3) is 0.429. The Morgan fingerprint density at radius 2 is 2.15 bits per heavy atom. The van der Waals surface area contributed by atoms with Gasteiger partial charge in [-0.15, -0.1) is 0 Å². The van der Waals surface area contributed by atoms with E-state index < -0.39 is 0 Å². The normalized spacial score (nSPS) is 15.9. The molecule has 0 aliphatic heterocycles. The van der Waals surface area contributed by atoms with Gasteiger partial charge in [-0.1, -0.05) is 18.0 Å². The first kappa shape index (κ1) is 13.7. The average Bonchev–Trinajstić information content (AvgIpc) is 3.07. The van der Waals surface area contributed by atoms with Crippen LogP contribution < -0.4 is 5.32 Å². The van der Waals surface area contributed by atoms with Crippen LogP contribution in [0.15, 0.2) is 27.2 Å². The van der Waals surface area contributed by atoms with Gasteiger partial charge >= 0.3 is 0 Å². The molecule has 1 aliphatic rings. The highest BCUT2D eigenvalue weighted by atomic mass is 79.9. The number of aromatic nitrogens is 2. The van der Waals surface area contributed by atoms with Crippen LogP contribution in [-0.2, 0) is 6.54 Å². The van der Waals surface area contributed by atoms with Crippen LogP contribution in [0.25, 0.3) is 11.4 Å². The van der Waals surface area contributed by atoms with E-state index in [0.29, 0.717) is 28.8 Å². The quantitative estimate of drug-likeness (QED) is 0.923. The molecule has 0 amide bonds. The zero-order chi connectivity index (χ0) is 13.9. The Kier molecular flexibility index (Phi) is 4.12. The minimum Gasteiger partial charge on any atom is -0.338 e. The summed E-state index contributed by atoms with van der Waals surface area (Å²) in [4.78, 5) is 4.34. The van der Waals surface area contributed by atoms with Crippen LogP contribution in [0.1, 0.15) is 31.6 Å². The molecular weight excluding hydrogens is 325 g/mol. The molecule has 1 N–H and O–H groups in total. The molecule has 106 valence electrons. The maximum Gasteiger partial charge on any atom is 0.240 e. The summed E-state index contributed by atoms with van der Waals surface area (Å²) < 4.78 is 18.9. The fourth-order valence-electron chi connectivity index (χ4n) is 2.47. The monoisotopic (exact) mass is 339 g/mol. The summed E-state index contributed by atoms with van der Waals surface area (Å²) in [6, 6.07) is 4.97. The Hall–Kier alpha value is -1.27. The van der Waals surface area contributed by atoms with E-state index in [1.165, 1.54) is 37.8 Å². The van der Waals surface area contributed by atoms with Crippen molar-refractivity contribution in [3.05, 3.63) is 34.4 Å². The van der Waals surface area contributed by atoms with Gasteiger partial charge in [0.05, 0.1) is 6.54 Å². The van der Waals surface area contributed by atoms with Crippen molar-refractivity contribution in [3.8, 4) is 11.4 Å². The molecule has 1 aliphatic carbocycles. The summed E-state index contributed by atoms with van der Waals surface area (Å²) in [5, 5.41) is 7.36. The molecule has 4 nitrogen and oxygen atoms in total. The standard InChI is InChI=1S/C14H15BrFN3O/c15-12-7-9(16)5-6-11(12)14-18-13(20-19-14)8-17-10-3-1-2-4-10/h5-7,10,17H,1-4,8H2.